The Hall–Kier alpha value is 0.495. The van der Waals surface area contributed by atoms with E-state index in [0.29, 0.717) is 0 Å². The molecule has 0 nitrogen and oxygen atoms in total. The van der Waals surface area contributed by atoms with E-state index >= 15 is 0 Å². The van der Waals surface area contributed by atoms with Crippen LogP contribution in [0.5, 0.6) is 0 Å². The monoisotopic (exact) mass is 100 g/mol. The van der Waals surface area contributed by atoms with Crippen LogP contribution in [0.15, 0.2) is 0 Å². The maximum atomic E-state index is 5.23. The van der Waals surface area contributed by atoms with Crippen LogP contribution in [0.3, 0.4) is 0 Å². The molecule has 0 aliphatic rings. The van der Waals surface area contributed by atoms with E-state index in [9.17, 15) is 0 Å². The second-order valence-electron chi connectivity index (χ2n) is 1.20. The highest BCUT2D eigenvalue weighted by atomic mass is 31.1. The van der Waals surface area contributed by atoms with Crippen molar-refractivity contribution in [2.45, 2.75) is 13.3 Å². The number of hydrogen-bond donors (Lipinski definition) is 0. The summed E-state index contributed by atoms with van der Waals surface area (Å²) in [5, 5.41) is 0. The van der Waals surface area contributed by atoms with Crippen LogP contribution in [-0.4, -0.2) is 20.1 Å². The van der Waals surface area contributed by atoms with Gasteiger partial charge in [-0.25, -0.2) is 0 Å². The minimum absolute atomic E-state index is 0.883. The average Bonchev–Trinajstić information content (AvgIpc) is 1.61. The highest BCUT2D eigenvalue weighted by molar-refractivity contribution is 7.39. The first kappa shape index (κ1) is 6.49. The van der Waals surface area contributed by atoms with E-state index in [2.05, 4.69) is 6.92 Å². The van der Waals surface area contributed by atoms with E-state index in [1.807, 2.05) is 0 Å². The lowest BCUT2D eigenvalue weighted by molar-refractivity contribution is 1.10. The summed E-state index contributed by atoms with van der Waals surface area (Å²) in [6.07, 6.45) is 2.60. The van der Waals surface area contributed by atoms with Crippen LogP contribution in [-0.2, 0) is 0 Å². The molecule has 0 amide bonds. The Kier molecular flexibility index (Phi) is 5.95. The summed E-state index contributed by atoms with van der Waals surface area (Å²) in [5.74, 6) is 0. The Morgan fingerprint density at radius 2 is 2.33 bits per heavy atom. The van der Waals surface area contributed by atoms with Crippen molar-refractivity contribution in [2.75, 3.05) is 12.2 Å². The van der Waals surface area contributed by atoms with Crippen LogP contribution in [0.1, 0.15) is 13.3 Å². The summed E-state index contributed by atoms with van der Waals surface area (Å²) in [5.41, 5.74) is 0. The molecule has 0 aromatic carbocycles. The van der Waals surface area contributed by atoms with Crippen molar-refractivity contribution in [2.24, 2.45) is 0 Å². The number of hydrogen-bond acceptors (Lipinski definition) is 0. The Bertz CT molecular complexity index is 19.5. The molecule has 6 heavy (non-hydrogen) atoms. The molecular formula is C4H10BP. The molecule has 0 aliphatic heterocycles. The van der Waals surface area contributed by atoms with Gasteiger partial charge in [0.25, 0.3) is 0 Å². The first-order chi connectivity index (χ1) is 2.91. The second kappa shape index (κ2) is 5.49. The van der Waals surface area contributed by atoms with Crippen molar-refractivity contribution in [1.82, 2.24) is 0 Å². The van der Waals surface area contributed by atoms with Crippen LogP contribution in [0.25, 0.3) is 0 Å². The zero-order valence-electron chi connectivity index (χ0n) is 4.20. The SMILES string of the molecule is [B]CPCCC. The van der Waals surface area contributed by atoms with Gasteiger partial charge in [0.2, 0.25) is 0 Å². The molecule has 0 N–H and O–H groups in total. The molecule has 0 heterocycles. The molecule has 34 valence electrons. The molecule has 2 heteroatoms. The van der Waals surface area contributed by atoms with Crippen molar-refractivity contribution in [1.29, 1.82) is 0 Å². The first-order valence-corrected chi connectivity index (χ1v) is 3.74. The summed E-state index contributed by atoms with van der Waals surface area (Å²) in [7, 11) is 6.22. The minimum Gasteiger partial charge on any atom is -0.131 e. The van der Waals surface area contributed by atoms with Gasteiger partial charge in [0.1, 0.15) is 0 Å². The zero-order valence-corrected chi connectivity index (χ0v) is 5.20. The van der Waals surface area contributed by atoms with Crippen LogP contribution in [0.4, 0.5) is 0 Å². The van der Waals surface area contributed by atoms with Crippen molar-refractivity contribution in [3.8, 4) is 0 Å². The third-order valence-electron chi connectivity index (χ3n) is 0.571. The molecule has 0 aromatic rings. The van der Waals surface area contributed by atoms with E-state index in [1.165, 1.54) is 12.6 Å². The molecule has 0 fully saturated rings. The molecule has 0 bridgehead atoms. The summed E-state index contributed by atoms with van der Waals surface area (Å²) in [4.78, 5) is 0. The van der Waals surface area contributed by atoms with Gasteiger partial charge < -0.3 is 0 Å². The largest absolute Gasteiger partial charge is 0.131 e. The van der Waals surface area contributed by atoms with Crippen LogP contribution < -0.4 is 0 Å². The molecule has 0 saturated carbocycles. The van der Waals surface area contributed by atoms with E-state index < -0.39 is 0 Å². The van der Waals surface area contributed by atoms with Gasteiger partial charge in [0, 0.05) is 0 Å². The van der Waals surface area contributed by atoms with Gasteiger partial charge in [-0.05, 0) is 6.16 Å². The Morgan fingerprint density at radius 3 is 2.50 bits per heavy atom. The normalized spacial score (nSPS) is 10.8. The van der Waals surface area contributed by atoms with E-state index in [-0.39, 0.29) is 0 Å². The van der Waals surface area contributed by atoms with E-state index in [4.69, 9.17) is 7.85 Å². The smallest absolute Gasteiger partial charge is 0.0712 e. The highest BCUT2D eigenvalue weighted by Gasteiger charge is 1.74. The maximum absolute atomic E-state index is 5.23. The van der Waals surface area contributed by atoms with Gasteiger partial charge in [0.15, 0.2) is 0 Å². The van der Waals surface area contributed by atoms with Crippen molar-refractivity contribution >= 4 is 16.4 Å². The van der Waals surface area contributed by atoms with E-state index in [0.717, 1.165) is 14.6 Å². The average molecular weight is 99.9 g/mol. The predicted octanol–water partition coefficient (Wildman–Crippen LogP) is 1.20. The van der Waals surface area contributed by atoms with Crippen molar-refractivity contribution in [3.63, 3.8) is 0 Å². The minimum atomic E-state index is 0.883. The first-order valence-electron chi connectivity index (χ1n) is 2.32. The third kappa shape index (κ3) is 4.49. The lowest BCUT2D eigenvalue weighted by Gasteiger charge is -1.87. The van der Waals surface area contributed by atoms with Crippen molar-refractivity contribution in [3.05, 3.63) is 0 Å². The lowest BCUT2D eigenvalue weighted by Crippen LogP contribution is -1.72. The van der Waals surface area contributed by atoms with Gasteiger partial charge >= 0.3 is 0 Å². The summed E-state index contributed by atoms with van der Waals surface area (Å²) in [6.45, 7) is 2.18. The van der Waals surface area contributed by atoms with Crippen molar-refractivity contribution < 1.29 is 0 Å². The van der Waals surface area contributed by atoms with Gasteiger partial charge in [-0.2, -0.15) is 0 Å². The number of rotatable bonds is 3. The molecule has 0 rings (SSSR count). The second-order valence-corrected chi connectivity index (χ2v) is 2.61. The molecule has 2 radical (unpaired) electrons. The third-order valence-corrected chi connectivity index (χ3v) is 1.71. The molecule has 0 aliphatic carbocycles. The van der Waals surface area contributed by atoms with Crippen LogP contribution >= 0.6 is 8.58 Å². The lowest BCUT2D eigenvalue weighted by atomic mass is 10.2. The quantitative estimate of drug-likeness (QED) is 0.284. The molecule has 0 aromatic heterocycles. The molecule has 1 unspecified atom stereocenters. The fourth-order valence-electron chi connectivity index (χ4n) is 0.279. The topological polar surface area (TPSA) is 0 Å². The Balaban J connectivity index is 2.34. The van der Waals surface area contributed by atoms with Gasteiger partial charge in [-0.3, -0.25) is 0 Å². The fraction of sp³-hybridized carbons (Fsp3) is 1.00. The predicted molar refractivity (Wildman–Crippen MR) is 34.1 cm³/mol. The van der Waals surface area contributed by atoms with Gasteiger partial charge in [0.05, 0.1) is 7.85 Å². The van der Waals surface area contributed by atoms with Crippen LogP contribution in [0.2, 0.25) is 0 Å². The van der Waals surface area contributed by atoms with Gasteiger partial charge in [-0.1, -0.05) is 19.4 Å². The van der Waals surface area contributed by atoms with E-state index in [1.54, 1.807) is 0 Å². The zero-order chi connectivity index (χ0) is 4.83. The summed E-state index contributed by atoms with van der Waals surface area (Å²) < 4.78 is 0. The fourth-order valence-corrected chi connectivity index (χ4v) is 0.837. The Labute approximate surface area is 42.9 Å². The standard InChI is InChI=1S/C4H10BP/c1-2-3-6-4-5/h6H,2-4H2,1H3. The molecule has 1 atom stereocenters. The molecule has 0 saturated heterocycles. The molecular weight excluding hydrogens is 89.8 g/mol. The summed E-state index contributed by atoms with van der Waals surface area (Å²) >= 11 is 0. The van der Waals surface area contributed by atoms with Crippen LogP contribution in [0, 0.1) is 0 Å². The van der Waals surface area contributed by atoms with Gasteiger partial charge in [-0.15, -0.1) is 8.58 Å². The Morgan fingerprint density at radius 1 is 1.67 bits per heavy atom. The highest BCUT2D eigenvalue weighted by Crippen LogP contribution is 2.06. The maximum Gasteiger partial charge on any atom is 0.0712 e. The molecule has 0 spiro atoms. The summed E-state index contributed by atoms with van der Waals surface area (Å²) in [6, 6.07) is 0.883.